The van der Waals surface area contributed by atoms with E-state index in [9.17, 15) is 23.1 Å². The maximum Gasteiger partial charge on any atom is 0.242 e. The first-order valence-corrected chi connectivity index (χ1v) is 11.8. The van der Waals surface area contributed by atoms with Crippen molar-refractivity contribution in [2.24, 2.45) is 5.73 Å². The van der Waals surface area contributed by atoms with Gasteiger partial charge in [-0.2, -0.15) is 0 Å². The fraction of sp³-hybridized carbons (Fsp3) is 0.318. The molecule has 2 aromatic rings. The molecule has 0 unspecified atom stereocenters. The highest BCUT2D eigenvalue weighted by atomic mass is 32.2. The molecule has 2 amide bonds. The Kier molecular flexibility index (Phi) is 6.75. The molecule has 0 atom stereocenters. The number of amidine groups is 1. The van der Waals surface area contributed by atoms with Crippen LogP contribution in [0.15, 0.2) is 42.5 Å². The standard InChI is InChI=1S/C22H27N5O5S/c1-22(2)17-8-7-16(13-18(17)26-33(22,31)32)27(11-12-28)20(30)10-9-19(29)25-15-5-3-14(4-6-15)21(23)24/h3-8,13,26,28H,9-12H2,1-2H3,(H3,23,24)(H,25,29). The van der Waals surface area contributed by atoms with Crippen LogP contribution in [0.5, 0.6) is 0 Å². The zero-order chi connectivity index (χ0) is 24.4. The maximum absolute atomic E-state index is 12.8. The van der Waals surface area contributed by atoms with Crippen LogP contribution in [0.25, 0.3) is 0 Å². The van der Waals surface area contributed by atoms with Crippen molar-refractivity contribution in [2.45, 2.75) is 31.4 Å². The van der Waals surface area contributed by atoms with Gasteiger partial charge in [0, 0.05) is 36.3 Å². The highest BCUT2D eigenvalue weighted by molar-refractivity contribution is 7.94. The molecule has 0 spiro atoms. The summed E-state index contributed by atoms with van der Waals surface area (Å²) in [5.74, 6) is -0.831. The summed E-state index contributed by atoms with van der Waals surface area (Å²) in [6, 6.07) is 11.3. The van der Waals surface area contributed by atoms with Crippen LogP contribution in [0.3, 0.4) is 0 Å². The lowest BCUT2D eigenvalue weighted by molar-refractivity contribution is -0.122. The summed E-state index contributed by atoms with van der Waals surface area (Å²) in [5, 5.41) is 19.5. The average Bonchev–Trinajstić information content (AvgIpc) is 2.93. The Balaban J connectivity index is 1.67. The monoisotopic (exact) mass is 473 g/mol. The number of nitrogens with two attached hydrogens (primary N) is 1. The van der Waals surface area contributed by atoms with Gasteiger partial charge in [0.2, 0.25) is 21.8 Å². The molecule has 0 bridgehead atoms. The smallest absolute Gasteiger partial charge is 0.242 e. The van der Waals surface area contributed by atoms with Crippen molar-refractivity contribution in [2.75, 3.05) is 28.1 Å². The van der Waals surface area contributed by atoms with Crippen molar-refractivity contribution in [1.82, 2.24) is 0 Å². The highest BCUT2D eigenvalue weighted by Crippen LogP contribution is 2.43. The second kappa shape index (κ2) is 9.20. The molecule has 0 aliphatic carbocycles. The highest BCUT2D eigenvalue weighted by Gasteiger charge is 2.44. The lowest BCUT2D eigenvalue weighted by Crippen LogP contribution is -2.34. The first-order chi connectivity index (χ1) is 15.5. The zero-order valence-electron chi connectivity index (χ0n) is 18.4. The van der Waals surface area contributed by atoms with E-state index in [1.165, 1.54) is 4.90 Å². The molecule has 3 rings (SSSR count). The van der Waals surface area contributed by atoms with Gasteiger partial charge >= 0.3 is 0 Å². The summed E-state index contributed by atoms with van der Waals surface area (Å²) in [6.45, 7) is 2.91. The Bertz CT molecular complexity index is 1190. The quantitative estimate of drug-likeness (QED) is 0.289. The van der Waals surface area contributed by atoms with E-state index in [1.807, 2.05) is 0 Å². The summed E-state index contributed by atoms with van der Waals surface area (Å²) in [4.78, 5) is 26.4. The van der Waals surface area contributed by atoms with Crippen molar-refractivity contribution < 1.29 is 23.1 Å². The van der Waals surface area contributed by atoms with Gasteiger partial charge in [-0.05, 0) is 55.8 Å². The van der Waals surface area contributed by atoms with Crippen molar-refractivity contribution >= 4 is 44.7 Å². The Hall–Kier alpha value is -3.44. The number of carbonyl (C=O) groups is 2. The van der Waals surface area contributed by atoms with Crippen LogP contribution in [0.4, 0.5) is 17.1 Å². The second-order valence-electron chi connectivity index (χ2n) is 8.15. The summed E-state index contributed by atoms with van der Waals surface area (Å²) in [7, 11) is -3.59. The number of aliphatic hydroxyl groups is 1. The van der Waals surface area contributed by atoms with E-state index in [1.54, 1.807) is 56.3 Å². The van der Waals surface area contributed by atoms with Crippen LogP contribution < -0.4 is 20.7 Å². The van der Waals surface area contributed by atoms with Crippen molar-refractivity contribution in [3.63, 3.8) is 0 Å². The minimum atomic E-state index is -3.59. The molecule has 6 N–H and O–H groups in total. The molecule has 0 saturated carbocycles. The van der Waals surface area contributed by atoms with Crippen LogP contribution in [0.2, 0.25) is 0 Å². The lowest BCUT2D eigenvalue weighted by Gasteiger charge is -2.23. The minimum Gasteiger partial charge on any atom is -0.395 e. The first-order valence-electron chi connectivity index (χ1n) is 10.3. The van der Waals surface area contributed by atoms with E-state index in [4.69, 9.17) is 11.1 Å². The number of sulfonamides is 1. The molecular weight excluding hydrogens is 446 g/mol. The molecule has 2 aromatic carbocycles. The van der Waals surface area contributed by atoms with Crippen LogP contribution >= 0.6 is 0 Å². The molecule has 33 heavy (non-hydrogen) atoms. The maximum atomic E-state index is 12.8. The topological polar surface area (TPSA) is 166 Å². The minimum absolute atomic E-state index is 0.00188. The molecule has 10 nitrogen and oxygen atoms in total. The predicted octanol–water partition coefficient (Wildman–Crippen LogP) is 1.71. The number of fused-ring (bicyclic) bond motifs is 1. The van der Waals surface area contributed by atoms with E-state index < -0.39 is 14.8 Å². The molecule has 1 heterocycles. The van der Waals surface area contributed by atoms with Crippen LogP contribution in [0, 0.1) is 5.41 Å². The predicted molar refractivity (Wildman–Crippen MR) is 127 cm³/mol. The van der Waals surface area contributed by atoms with Gasteiger partial charge in [0.1, 0.15) is 10.6 Å². The van der Waals surface area contributed by atoms with Gasteiger partial charge in [0.05, 0.1) is 12.3 Å². The molecule has 0 fully saturated rings. The van der Waals surface area contributed by atoms with Crippen molar-refractivity contribution in [3.05, 3.63) is 53.6 Å². The Labute approximate surface area is 192 Å². The summed E-state index contributed by atoms with van der Waals surface area (Å²) < 4.78 is 26.1. The number of aliphatic hydroxyl groups excluding tert-OH is 1. The number of nitrogen functional groups attached to an aromatic ring is 1. The first kappa shape index (κ1) is 24.2. The van der Waals surface area contributed by atoms with E-state index in [2.05, 4.69) is 10.0 Å². The van der Waals surface area contributed by atoms with E-state index in [0.29, 0.717) is 28.2 Å². The SMILES string of the molecule is CC1(C)c2ccc(N(CCO)C(=O)CCC(=O)Nc3ccc(C(=N)N)cc3)cc2NS1(=O)=O. The number of nitrogens with one attached hydrogen (secondary N) is 3. The summed E-state index contributed by atoms with van der Waals surface area (Å²) >= 11 is 0. The average molecular weight is 474 g/mol. The molecule has 11 heteroatoms. The fourth-order valence-corrected chi connectivity index (χ4v) is 4.72. The Morgan fingerprint density at radius 1 is 1.15 bits per heavy atom. The van der Waals surface area contributed by atoms with Gasteiger partial charge in [-0.15, -0.1) is 0 Å². The van der Waals surface area contributed by atoms with Gasteiger partial charge < -0.3 is 21.1 Å². The van der Waals surface area contributed by atoms with Crippen LogP contribution in [-0.2, 0) is 24.4 Å². The molecule has 0 radical (unpaired) electrons. The number of carbonyl (C=O) groups excluding carboxylic acids is 2. The van der Waals surface area contributed by atoms with Crippen LogP contribution in [0.1, 0.15) is 37.8 Å². The molecule has 0 saturated heterocycles. The van der Waals surface area contributed by atoms with E-state index in [-0.39, 0.29) is 43.6 Å². The molecule has 0 aromatic heterocycles. The van der Waals surface area contributed by atoms with Crippen molar-refractivity contribution in [1.29, 1.82) is 5.41 Å². The third-order valence-corrected chi connectivity index (χ3v) is 7.60. The lowest BCUT2D eigenvalue weighted by atomic mass is 10.00. The molecule has 1 aliphatic heterocycles. The summed E-state index contributed by atoms with van der Waals surface area (Å²) in [5.41, 5.74) is 7.86. The number of hydrogen-bond acceptors (Lipinski definition) is 6. The largest absolute Gasteiger partial charge is 0.395 e. The van der Waals surface area contributed by atoms with E-state index >= 15 is 0 Å². The Morgan fingerprint density at radius 2 is 1.82 bits per heavy atom. The number of anilines is 3. The second-order valence-corrected chi connectivity index (χ2v) is 10.4. The third-order valence-electron chi connectivity index (χ3n) is 5.55. The van der Waals surface area contributed by atoms with Gasteiger partial charge in [0.15, 0.2) is 0 Å². The fourth-order valence-electron chi connectivity index (χ4n) is 3.54. The number of benzene rings is 2. The number of amides is 2. The molecule has 176 valence electrons. The van der Waals surface area contributed by atoms with Gasteiger partial charge in [-0.3, -0.25) is 19.7 Å². The van der Waals surface area contributed by atoms with Gasteiger partial charge in [0.25, 0.3) is 0 Å². The number of rotatable bonds is 8. The van der Waals surface area contributed by atoms with Crippen molar-refractivity contribution in [3.8, 4) is 0 Å². The van der Waals surface area contributed by atoms with Gasteiger partial charge in [-0.25, -0.2) is 8.42 Å². The van der Waals surface area contributed by atoms with Gasteiger partial charge in [-0.1, -0.05) is 6.07 Å². The molecular formula is C22H27N5O5S. The number of hydrogen-bond donors (Lipinski definition) is 5. The normalized spacial score (nSPS) is 15.2. The third kappa shape index (κ3) is 4.99. The zero-order valence-corrected chi connectivity index (χ0v) is 19.2. The molecule has 1 aliphatic rings. The Morgan fingerprint density at radius 3 is 2.42 bits per heavy atom. The van der Waals surface area contributed by atoms with E-state index in [0.717, 1.165) is 0 Å². The number of nitrogens with zero attached hydrogens (tertiary/aromatic N) is 1. The summed E-state index contributed by atoms with van der Waals surface area (Å²) in [6.07, 6.45) is -0.189. The van der Waals surface area contributed by atoms with Crippen LogP contribution in [-0.4, -0.2) is 44.3 Å².